The SMILES string of the molecule is CN=C(NCCOC)NCc1ccc(-n2ccnc2C)nc1. The second-order valence-electron chi connectivity index (χ2n) is 4.71. The molecule has 118 valence electrons. The molecule has 0 aliphatic rings. The van der Waals surface area contributed by atoms with Gasteiger partial charge in [-0.2, -0.15) is 0 Å². The van der Waals surface area contributed by atoms with Crippen LogP contribution in [0.5, 0.6) is 0 Å². The molecule has 0 atom stereocenters. The minimum absolute atomic E-state index is 0.640. The number of nitrogens with one attached hydrogen (secondary N) is 2. The van der Waals surface area contributed by atoms with E-state index < -0.39 is 0 Å². The van der Waals surface area contributed by atoms with E-state index >= 15 is 0 Å². The van der Waals surface area contributed by atoms with Gasteiger partial charge in [0.15, 0.2) is 5.96 Å². The maximum Gasteiger partial charge on any atom is 0.191 e. The van der Waals surface area contributed by atoms with Gasteiger partial charge < -0.3 is 15.4 Å². The molecular formula is C15H22N6O. The van der Waals surface area contributed by atoms with Crippen molar-refractivity contribution in [1.29, 1.82) is 0 Å². The van der Waals surface area contributed by atoms with Gasteiger partial charge in [0.25, 0.3) is 0 Å². The van der Waals surface area contributed by atoms with E-state index in [4.69, 9.17) is 4.74 Å². The number of guanidine groups is 1. The Morgan fingerprint density at radius 1 is 1.32 bits per heavy atom. The highest BCUT2D eigenvalue weighted by atomic mass is 16.5. The molecule has 0 saturated heterocycles. The lowest BCUT2D eigenvalue weighted by molar-refractivity contribution is 0.203. The van der Waals surface area contributed by atoms with Crippen LogP contribution < -0.4 is 10.6 Å². The van der Waals surface area contributed by atoms with Crippen LogP contribution in [0.15, 0.2) is 35.7 Å². The number of pyridine rings is 1. The molecular weight excluding hydrogens is 280 g/mol. The lowest BCUT2D eigenvalue weighted by atomic mass is 10.3. The fourth-order valence-corrected chi connectivity index (χ4v) is 1.96. The predicted octanol–water partition coefficient (Wildman–Crippen LogP) is 0.887. The van der Waals surface area contributed by atoms with Gasteiger partial charge in [-0.05, 0) is 18.6 Å². The Morgan fingerprint density at radius 2 is 2.18 bits per heavy atom. The van der Waals surface area contributed by atoms with E-state index in [-0.39, 0.29) is 0 Å². The fraction of sp³-hybridized carbons (Fsp3) is 0.400. The number of methoxy groups -OCH3 is 1. The lowest BCUT2D eigenvalue weighted by Gasteiger charge is -2.11. The Morgan fingerprint density at radius 3 is 2.77 bits per heavy atom. The summed E-state index contributed by atoms with van der Waals surface area (Å²) in [6.07, 6.45) is 5.52. The summed E-state index contributed by atoms with van der Waals surface area (Å²) < 4.78 is 6.94. The van der Waals surface area contributed by atoms with Gasteiger partial charge >= 0.3 is 0 Å². The molecule has 0 amide bonds. The second kappa shape index (κ2) is 8.14. The number of nitrogens with zero attached hydrogens (tertiary/aromatic N) is 4. The quantitative estimate of drug-likeness (QED) is 0.471. The van der Waals surface area contributed by atoms with Crippen LogP contribution in [0.4, 0.5) is 0 Å². The van der Waals surface area contributed by atoms with Crippen LogP contribution in [0, 0.1) is 6.92 Å². The molecule has 2 rings (SSSR count). The van der Waals surface area contributed by atoms with Crippen molar-refractivity contribution < 1.29 is 4.74 Å². The van der Waals surface area contributed by atoms with E-state index in [1.54, 1.807) is 20.4 Å². The third-order valence-corrected chi connectivity index (χ3v) is 3.16. The molecule has 0 aliphatic carbocycles. The number of rotatable bonds is 6. The maximum absolute atomic E-state index is 4.99. The van der Waals surface area contributed by atoms with Crippen LogP contribution in [-0.4, -0.2) is 47.8 Å². The third-order valence-electron chi connectivity index (χ3n) is 3.16. The number of imidazole rings is 1. The number of aliphatic imine (C=N–C) groups is 1. The van der Waals surface area contributed by atoms with E-state index in [1.807, 2.05) is 36.0 Å². The van der Waals surface area contributed by atoms with Crippen molar-refractivity contribution in [3.63, 3.8) is 0 Å². The van der Waals surface area contributed by atoms with Crippen LogP contribution in [0.1, 0.15) is 11.4 Å². The normalized spacial score (nSPS) is 11.5. The van der Waals surface area contributed by atoms with Crippen molar-refractivity contribution in [2.24, 2.45) is 4.99 Å². The van der Waals surface area contributed by atoms with Gasteiger partial charge in [0.05, 0.1) is 6.61 Å². The van der Waals surface area contributed by atoms with E-state index in [9.17, 15) is 0 Å². The zero-order chi connectivity index (χ0) is 15.8. The van der Waals surface area contributed by atoms with E-state index in [2.05, 4.69) is 25.6 Å². The van der Waals surface area contributed by atoms with Crippen molar-refractivity contribution in [3.8, 4) is 5.82 Å². The summed E-state index contributed by atoms with van der Waals surface area (Å²) in [4.78, 5) is 12.8. The van der Waals surface area contributed by atoms with Crippen molar-refractivity contribution in [2.75, 3.05) is 27.3 Å². The summed E-state index contributed by atoms with van der Waals surface area (Å²) in [5.74, 6) is 2.52. The Balaban J connectivity index is 1.90. The van der Waals surface area contributed by atoms with Gasteiger partial charge in [-0.15, -0.1) is 0 Å². The first-order valence-electron chi connectivity index (χ1n) is 7.13. The first-order valence-corrected chi connectivity index (χ1v) is 7.13. The smallest absolute Gasteiger partial charge is 0.191 e. The van der Waals surface area contributed by atoms with Crippen molar-refractivity contribution in [1.82, 2.24) is 25.2 Å². The molecule has 0 spiro atoms. The molecule has 0 fully saturated rings. The van der Waals surface area contributed by atoms with Gasteiger partial charge in [-0.1, -0.05) is 6.07 Å². The van der Waals surface area contributed by atoms with Gasteiger partial charge in [0, 0.05) is 45.8 Å². The Labute approximate surface area is 130 Å². The first kappa shape index (κ1) is 16.0. The summed E-state index contributed by atoms with van der Waals surface area (Å²) in [5, 5.41) is 6.40. The molecule has 0 aromatic carbocycles. The highest BCUT2D eigenvalue weighted by Gasteiger charge is 2.02. The van der Waals surface area contributed by atoms with E-state index in [1.165, 1.54) is 0 Å². The molecule has 22 heavy (non-hydrogen) atoms. The summed E-state index contributed by atoms with van der Waals surface area (Å²) in [6.45, 7) is 3.96. The number of hydrogen-bond donors (Lipinski definition) is 2. The molecule has 7 heteroatoms. The molecule has 0 saturated carbocycles. The average molecular weight is 302 g/mol. The van der Waals surface area contributed by atoms with Crippen LogP contribution in [0.3, 0.4) is 0 Å². The van der Waals surface area contributed by atoms with E-state index in [0.717, 1.165) is 23.2 Å². The molecule has 2 heterocycles. The number of aromatic nitrogens is 3. The van der Waals surface area contributed by atoms with Gasteiger partial charge in [0.1, 0.15) is 11.6 Å². The van der Waals surface area contributed by atoms with Gasteiger partial charge in [-0.3, -0.25) is 9.56 Å². The van der Waals surface area contributed by atoms with Crippen LogP contribution >= 0.6 is 0 Å². The van der Waals surface area contributed by atoms with Crippen LogP contribution in [0.2, 0.25) is 0 Å². The second-order valence-corrected chi connectivity index (χ2v) is 4.71. The van der Waals surface area contributed by atoms with Crippen molar-refractivity contribution in [3.05, 3.63) is 42.1 Å². The Bertz CT molecular complexity index is 605. The predicted molar refractivity (Wildman–Crippen MR) is 86.2 cm³/mol. The fourth-order valence-electron chi connectivity index (χ4n) is 1.96. The molecule has 2 aromatic rings. The molecule has 2 N–H and O–H groups in total. The largest absolute Gasteiger partial charge is 0.383 e. The monoisotopic (exact) mass is 302 g/mol. The summed E-state index contributed by atoms with van der Waals surface area (Å²) in [5.41, 5.74) is 1.08. The van der Waals surface area contributed by atoms with Crippen LogP contribution in [0.25, 0.3) is 5.82 Å². The summed E-state index contributed by atoms with van der Waals surface area (Å²) in [6, 6.07) is 4.02. The molecule has 0 unspecified atom stereocenters. The average Bonchev–Trinajstić information content (AvgIpc) is 2.97. The number of aryl methyl sites for hydroxylation is 1. The zero-order valence-corrected chi connectivity index (χ0v) is 13.2. The first-order chi connectivity index (χ1) is 10.7. The minimum atomic E-state index is 0.640. The summed E-state index contributed by atoms with van der Waals surface area (Å²) in [7, 11) is 3.42. The molecule has 0 radical (unpaired) electrons. The van der Waals surface area contributed by atoms with Crippen molar-refractivity contribution in [2.45, 2.75) is 13.5 Å². The van der Waals surface area contributed by atoms with E-state index in [0.29, 0.717) is 19.7 Å². The van der Waals surface area contributed by atoms with Crippen molar-refractivity contribution >= 4 is 5.96 Å². The highest BCUT2D eigenvalue weighted by Crippen LogP contribution is 2.08. The Kier molecular flexibility index (Phi) is 5.91. The molecule has 0 aliphatic heterocycles. The lowest BCUT2D eigenvalue weighted by Crippen LogP contribution is -2.38. The number of hydrogen-bond acceptors (Lipinski definition) is 4. The Hall–Kier alpha value is -2.41. The third kappa shape index (κ3) is 4.29. The highest BCUT2D eigenvalue weighted by molar-refractivity contribution is 5.79. The standard InChI is InChI=1S/C15H22N6O/c1-12-17-6-8-21(12)14-5-4-13(10-19-14)11-20-15(16-2)18-7-9-22-3/h4-6,8,10H,7,9,11H2,1-3H3,(H2,16,18,20). The molecule has 0 bridgehead atoms. The summed E-state index contributed by atoms with van der Waals surface area (Å²) >= 11 is 0. The topological polar surface area (TPSA) is 76.4 Å². The van der Waals surface area contributed by atoms with Gasteiger partial charge in [-0.25, -0.2) is 9.97 Å². The zero-order valence-electron chi connectivity index (χ0n) is 13.2. The minimum Gasteiger partial charge on any atom is -0.383 e. The molecule has 2 aromatic heterocycles. The molecule has 7 nitrogen and oxygen atoms in total. The number of ether oxygens (including phenoxy) is 1. The van der Waals surface area contributed by atoms with Crippen LogP contribution in [-0.2, 0) is 11.3 Å². The van der Waals surface area contributed by atoms with Gasteiger partial charge in [0.2, 0.25) is 0 Å². The maximum atomic E-state index is 4.99.